The van der Waals surface area contributed by atoms with Crippen LogP contribution in [0.4, 0.5) is 5.69 Å². The molecule has 2 heterocycles. The minimum Gasteiger partial charge on any atom is -0.380 e. The molecule has 0 spiro atoms. The van der Waals surface area contributed by atoms with E-state index < -0.39 is 0 Å². The van der Waals surface area contributed by atoms with E-state index in [1.807, 2.05) is 38.1 Å². The van der Waals surface area contributed by atoms with E-state index in [1.54, 1.807) is 17.7 Å². The number of aryl methyl sites for hydroxylation is 2. The van der Waals surface area contributed by atoms with Crippen molar-refractivity contribution in [2.45, 2.75) is 20.5 Å². The van der Waals surface area contributed by atoms with Gasteiger partial charge in [-0.25, -0.2) is 9.50 Å². The maximum absolute atomic E-state index is 12.3. The first kappa shape index (κ1) is 15.1. The Morgan fingerprint density at radius 1 is 1.26 bits per heavy atom. The number of fused-ring (bicyclic) bond motifs is 1. The molecule has 0 saturated carbocycles. The quantitative estimate of drug-likeness (QED) is 0.798. The molecule has 0 aliphatic rings. The van der Waals surface area contributed by atoms with Gasteiger partial charge in [-0.05, 0) is 37.6 Å². The molecule has 3 rings (SSSR count). The minimum atomic E-state index is -0.373. The van der Waals surface area contributed by atoms with E-state index in [2.05, 4.69) is 20.4 Å². The Balaban J connectivity index is 1.86. The molecule has 23 heavy (non-hydrogen) atoms. The highest BCUT2D eigenvalue weighted by Gasteiger charge is 2.15. The zero-order valence-corrected chi connectivity index (χ0v) is 13.2. The lowest BCUT2D eigenvalue weighted by Gasteiger charge is -2.05. The van der Waals surface area contributed by atoms with Gasteiger partial charge in [0.05, 0.1) is 6.61 Å². The Kier molecular flexibility index (Phi) is 4.03. The number of aromatic nitrogens is 4. The van der Waals surface area contributed by atoms with Gasteiger partial charge in [0.25, 0.3) is 11.7 Å². The summed E-state index contributed by atoms with van der Waals surface area (Å²) in [4.78, 5) is 20.8. The molecule has 0 radical (unpaired) electrons. The number of anilines is 1. The van der Waals surface area contributed by atoms with Crippen molar-refractivity contribution in [3.63, 3.8) is 0 Å². The zero-order valence-electron chi connectivity index (χ0n) is 13.2. The van der Waals surface area contributed by atoms with Crippen LogP contribution in [-0.2, 0) is 11.3 Å². The maximum Gasteiger partial charge on any atom is 0.295 e. The molecule has 118 valence electrons. The van der Waals surface area contributed by atoms with Crippen molar-refractivity contribution in [3.8, 4) is 0 Å². The van der Waals surface area contributed by atoms with Crippen molar-refractivity contribution in [3.05, 3.63) is 53.1 Å². The number of hydrogen-bond acceptors (Lipinski definition) is 5. The molecule has 2 aromatic heterocycles. The van der Waals surface area contributed by atoms with Gasteiger partial charge in [-0.2, -0.15) is 4.98 Å². The maximum atomic E-state index is 12.3. The van der Waals surface area contributed by atoms with Crippen LogP contribution in [0.1, 0.15) is 27.6 Å². The van der Waals surface area contributed by atoms with E-state index in [9.17, 15) is 4.79 Å². The first-order valence-electron chi connectivity index (χ1n) is 7.17. The van der Waals surface area contributed by atoms with Gasteiger partial charge in [-0.3, -0.25) is 4.79 Å². The summed E-state index contributed by atoms with van der Waals surface area (Å²) in [7, 11) is 1.63. The topological polar surface area (TPSA) is 81.4 Å². The van der Waals surface area contributed by atoms with Crippen LogP contribution < -0.4 is 5.32 Å². The summed E-state index contributed by atoms with van der Waals surface area (Å²) in [5, 5.41) is 7.01. The third-order valence-corrected chi connectivity index (χ3v) is 3.32. The number of nitrogens with one attached hydrogen (secondary N) is 1. The average Bonchev–Trinajstić information content (AvgIpc) is 2.92. The van der Waals surface area contributed by atoms with Gasteiger partial charge >= 0.3 is 0 Å². The lowest BCUT2D eigenvalue weighted by Crippen LogP contribution is -2.14. The van der Waals surface area contributed by atoms with Gasteiger partial charge < -0.3 is 10.1 Å². The van der Waals surface area contributed by atoms with Crippen LogP contribution in [0, 0.1) is 13.8 Å². The van der Waals surface area contributed by atoms with Crippen molar-refractivity contribution >= 4 is 17.4 Å². The second-order valence-electron chi connectivity index (χ2n) is 5.27. The first-order valence-corrected chi connectivity index (χ1v) is 7.17. The summed E-state index contributed by atoms with van der Waals surface area (Å²) >= 11 is 0. The summed E-state index contributed by atoms with van der Waals surface area (Å²) in [6, 6.07) is 9.33. The van der Waals surface area contributed by atoms with E-state index >= 15 is 0 Å². The van der Waals surface area contributed by atoms with Gasteiger partial charge in [0.1, 0.15) is 0 Å². The number of rotatable bonds is 4. The van der Waals surface area contributed by atoms with Crippen LogP contribution >= 0.6 is 0 Å². The van der Waals surface area contributed by atoms with E-state index in [0.717, 1.165) is 17.0 Å². The van der Waals surface area contributed by atoms with Crippen LogP contribution in [0.5, 0.6) is 0 Å². The van der Waals surface area contributed by atoms with Crippen LogP contribution in [-0.4, -0.2) is 32.6 Å². The predicted molar refractivity (Wildman–Crippen MR) is 85.4 cm³/mol. The fourth-order valence-electron chi connectivity index (χ4n) is 2.36. The molecule has 0 aliphatic carbocycles. The van der Waals surface area contributed by atoms with Crippen molar-refractivity contribution in [2.24, 2.45) is 0 Å². The van der Waals surface area contributed by atoms with E-state index in [-0.39, 0.29) is 11.7 Å². The molecule has 1 aromatic carbocycles. The van der Waals surface area contributed by atoms with Gasteiger partial charge in [0.2, 0.25) is 5.82 Å². The van der Waals surface area contributed by atoms with Gasteiger partial charge in [-0.1, -0.05) is 12.1 Å². The molecule has 1 amide bonds. The smallest absolute Gasteiger partial charge is 0.295 e. The van der Waals surface area contributed by atoms with E-state index in [1.165, 1.54) is 0 Å². The number of nitrogens with zero attached hydrogens (tertiary/aromatic N) is 4. The van der Waals surface area contributed by atoms with Crippen LogP contribution in [0.3, 0.4) is 0 Å². The highest BCUT2D eigenvalue weighted by molar-refractivity contribution is 6.01. The predicted octanol–water partition coefficient (Wildman–Crippen LogP) is 2.14. The largest absolute Gasteiger partial charge is 0.380 e. The summed E-state index contributed by atoms with van der Waals surface area (Å²) < 4.78 is 6.65. The number of carbonyl (C=O) groups is 1. The fraction of sp³-hybridized carbons (Fsp3) is 0.250. The molecule has 7 heteroatoms. The van der Waals surface area contributed by atoms with Crippen molar-refractivity contribution in [1.82, 2.24) is 19.6 Å². The van der Waals surface area contributed by atoms with Crippen LogP contribution in [0.2, 0.25) is 0 Å². The lowest BCUT2D eigenvalue weighted by atomic mass is 10.2. The standard InChI is InChI=1S/C16H17N5O2/c1-10-7-11(2)21-16(17-10)19-14(20-21)15(22)18-13-6-4-5-12(8-13)9-23-3/h4-8H,9H2,1-3H3,(H,18,22). The zero-order chi connectivity index (χ0) is 16.4. The average molecular weight is 311 g/mol. The second kappa shape index (κ2) is 6.13. The highest BCUT2D eigenvalue weighted by Crippen LogP contribution is 2.13. The minimum absolute atomic E-state index is 0.0864. The van der Waals surface area contributed by atoms with Gasteiger partial charge in [0.15, 0.2) is 0 Å². The number of ether oxygens (including phenoxy) is 1. The first-order chi connectivity index (χ1) is 11.1. The molecule has 0 fully saturated rings. The lowest BCUT2D eigenvalue weighted by molar-refractivity contribution is 0.101. The summed E-state index contributed by atoms with van der Waals surface area (Å²) in [6.07, 6.45) is 0. The Bertz CT molecular complexity index is 872. The molecular weight excluding hydrogens is 294 g/mol. The molecule has 7 nitrogen and oxygen atoms in total. The monoisotopic (exact) mass is 311 g/mol. The summed E-state index contributed by atoms with van der Waals surface area (Å²) in [5.41, 5.74) is 3.36. The SMILES string of the molecule is COCc1cccc(NC(=O)c2nc3nc(C)cc(C)n3n2)c1. The third-order valence-electron chi connectivity index (χ3n) is 3.32. The molecule has 1 N–H and O–H groups in total. The van der Waals surface area contributed by atoms with Crippen molar-refractivity contribution < 1.29 is 9.53 Å². The molecular formula is C16H17N5O2. The Morgan fingerprint density at radius 3 is 2.87 bits per heavy atom. The van der Waals surface area contributed by atoms with E-state index in [4.69, 9.17) is 4.74 Å². The number of amides is 1. The van der Waals surface area contributed by atoms with E-state index in [0.29, 0.717) is 18.1 Å². The molecule has 0 aliphatic heterocycles. The molecule has 0 unspecified atom stereocenters. The van der Waals surface area contributed by atoms with Crippen LogP contribution in [0.15, 0.2) is 30.3 Å². The summed E-state index contributed by atoms with van der Waals surface area (Å²) in [5.74, 6) is 0.131. The number of carbonyl (C=O) groups excluding carboxylic acids is 1. The van der Waals surface area contributed by atoms with Crippen LogP contribution in [0.25, 0.3) is 5.78 Å². The Hall–Kier alpha value is -2.80. The van der Waals surface area contributed by atoms with Gasteiger partial charge in [0, 0.05) is 24.2 Å². The molecule has 0 atom stereocenters. The van der Waals surface area contributed by atoms with Gasteiger partial charge in [-0.15, -0.1) is 5.10 Å². The summed E-state index contributed by atoms with van der Waals surface area (Å²) in [6.45, 7) is 4.26. The second-order valence-corrected chi connectivity index (χ2v) is 5.27. The molecule has 3 aromatic rings. The van der Waals surface area contributed by atoms with Crippen molar-refractivity contribution in [2.75, 3.05) is 12.4 Å². The molecule has 0 bridgehead atoms. The highest BCUT2D eigenvalue weighted by atomic mass is 16.5. The Morgan fingerprint density at radius 2 is 2.09 bits per heavy atom. The Labute approximate surface area is 133 Å². The fourth-order valence-corrected chi connectivity index (χ4v) is 2.36. The number of methoxy groups -OCH3 is 1. The normalized spacial score (nSPS) is 10.9. The third kappa shape index (κ3) is 3.19. The number of hydrogen-bond donors (Lipinski definition) is 1. The number of benzene rings is 1. The van der Waals surface area contributed by atoms with Crippen molar-refractivity contribution in [1.29, 1.82) is 0 Å². The molecule has 0 saturated heterocycles.